The molecular weight excluding hydrogens is 344 g/mol. The topological polar surface area (TPSA) is 41.6 Å². The van der Waals surface area contributed by atoms with Gasteiger partial charge in [0.15, 0.2) is 0 Å². The molecule has 2 aliphatic rings. The summed E-state index contributed by atoms with van der Waals surface area (Å²) in [6.07, 6.45) is 2.65. The molecule has 1 aromatic carbocycles. The fraction of sp³-hybridized carbons (Fsp3) is 0.588. The second kappa shape index (κ2) is 6.69. The first kappa shape index (κ1) is 16.0. The Kier molecular flexibility index (Phi) is 4.85. The molecule has 1 amide bonds. The Bertz CT molecular complexity index is 550. The lowest BCUT2D eigenvalue weighted by molar-refractivity contribution is -0.148. The molecule has 1 N–H and O–H groups in total. The van der Waals surface area contributed by atoms with E-state index in [0.29, 0.717) is 13.2 Å². The normalized spacial score (nSPS) is 20.5. The Morgan fingerprint density at radius 1 is 1.41 bits per heavy atom. The minimum atomic E-state index is -0.348. The Balaban J connectivity index is 1.81. The van der Waals surface area contributed by atoms with Crippen LogP contribution in [0.1, 0.15) is 24.0 Å². The van der Waals surface area contributed by atoms with Gasteiger partial charge in [-0.2, -0.15) is 0 Å². The molecule has 2 aliphatic heterocycles. The zero-order valence-electron chi connectivity index (χ0n) is 13.0. The summed E-state index contributed by atoms with van der Waals surface area (Å²) >= 11 is 3.63. The van der Waals surface area contributed by atoms with E-state index in [2.05, 4.69) is 39.4 Å². The van der Waals surface area contributed by atoms with Crippen LogP contribution in [0, 0.1) is 5.41 Å². The summed E-state index contributed by atoms with van der Waals surface area (Å²) in [7, 11) is 1.69. The molecular formula is C17H23BrN2O2. The maximum absolute atomic E-state index is 13.2. The summed E-state index contributed by atoms with van der Waals surface area (Å²) in [6, 6.07) is 6.29. The Hall–Kier alpha value is -0.910. The van der Waals surface area contributed by atoms with Gasteiger partial charge in [-0.15, -0.1) is 0 Å². The number of amides is 1. The molecule has 2 heterocycles. The van der Waals surface area contributed by atoms with Gasteiger partial charge in [0, 0.05) is 24.7 Å². The van der Waals surface area contributed by atoms with Crippen molar-refractivity contribution in [3.05, 3.63) is 33.8 Å². The zero-order valence-corrected chi connectivity index (χ0v) is 14.6. The third-order valence-corrected chi connectivity index (χ3v) is 5.68. The van der Waals surface area contributed by atoms with Crippen LogP contribution >= 0.6 is 15.9 Å². The second-order valence-electron chi connectivity index (χ2n) is 6.32. The van der Waals surface area contributed by atoms with Gasteiger partial charge in [-0.1, -0.05) is 28.1 Å². The van der Waals surface area contributed by atoms with Crippen LogP contribution in [0.3, 0.4) is 0 Å². The van der Waals surface area contributed by atoms with Crippen LogP contribution in [-0.2, 0) is 22.5 Å². The molecule has 120 valence electrons. The lowest BCUT2D eigenvalue weighted by atomic mass is 9.77. The number of carbonyl (C=O) groups is 1. The highest BCUT2D eigenvalue weighted by atomic mass is 79.9. The van der Waals surface area contributed by atoms with E-state index in [4.69, 9.17) is 4.74 Å². The minimum Gasteiger partial charge on any atom is -0.384 e. The number of benzene rings is 1. The smallest absolute Gasteiger partial charge is 0.231 e. The molecule has 0 radical (unpaired) electrons. The predicted molar refractivity (Wildman–Crippen MR) is 89.7 cm³/mol. The van der Waals surface area contributed by atoms with Crippen molar-refractivity contribution in [2.75, 3.05) is 33.4 Å². The highest BCUT2D eigenvalue weighted by molar-refractivity contribution is 9.10. The van der Waals surface area contributed by atoms with Crippen molar-refractivity contribution in [1.29, 1.82) is 0 Å². The zero-order chi connectivity index (χ0) is 15.6. The molecule has 1 aromatic rings. The average Bonchev–Trinajstić information content (AvgIpc) is 2.55. The van der Waals surface area contributed by atoms with Crippen molar-refractivity contribution >= 4 is 21.8 Å². The summed E-state index contributed by atoms with van der Waals surface area (Å²) < 4.78 is 6.51. The number of nitrogens with one attached hydrogen (secondary N) is 1. The molecule has 3 rings (SSSR count). The van der Waals surface area contributed by atoms with Gasteiger partial charge in [0.2, 0.25) is 5.91 Å². The fourth-order valence-corrected chi connectivity index (χ4v) is 4.18. The maximum Gasteiger partial charge on any atom is 0.231 e. The summed E-state index contributed by atoms with van der Waals surface area (Å²) in [5, 5.41) is 3.35. The van der Waals surface area contributed by atoms with Gasteiger partial charge in [-0.25, -0.2) is 0 Å². The molecule has 1 fully saturated rings. The number of halogens is 1. The Morgan fingerprint density at radius 3 is 2.91 bits per heavy atom. The molecule has 22 heavy (non-hydrogen) atoms. The van der Waals surface area contributed by atoms with Crippen LogP contribution in [-0.4, -0.2) is 44.2 Å². The van der Waals surface area contributed by atoms with Crippen LogP contribution in [0.25, 0.3) is 0 Å². The Labute approximate surface area is 140 Å². The van der Waals surface area contributed by atoms with Crippen molar-refractivity contribution in [3.8, 4) is 0 Å². The number of carbonyl (C=O) groups excluding carboxylic acids is 1. The molecule has 0 aliphatic carbocycles. The van der Waals surface area contributed by atoms with Crippen LogP contribution in [0.5, 0.6) is 0 Å². The molecule has 1 saturated heterocycles. The fourth-order valence-electron chi connectivity index (χ4n) is 3.65. The van der Waals surface area contributed by atoms with Crippen molar-refractivity contribution in [2.45, 2.75) is 25.8 Å². The van der Waals surface area contributed by atoms with Gasteiger partial charge in [0.25, 0.3) is 0 Å². The molecule has 0 spiro atoms. The van der Waals surface area contributed by atoms with E-state index < -0.39 is 0 Å². The van der Waals surface area contributed by atoms with Crippen molar-refractivity contribution in [3.63, 3.8) is 0 Å². The van der Waals surface area contributed by atoms with Crippen molar-refractivity contribution in [2.24, 2.45) is 5.41 Å². The molecule has 0 aromatic heterocycles. The van der Waals surface area contributed by atoms with Gasteiger partial charge >= 0.3 is 0 Å². The van der Waals surface area contributed by atoms with E-state index in [9.17, 15) is 4.79 Å². The highest BCUT2D eigenvalue weighted by Gasteiger charge is 2.42. The SMILES string of the molecule is COCC1(C(=O)N2CCc3cccc(Br)c3C2)CCNCC1. The maximum atomic E-state index is 13.2. The van der Waals surface area contributed by atoms with Gasteiger partial charge in [-0.3, -0.25) is 4.79 Å². The largest absolute Gasteiger partial charge is 0.384 e. The summed E-state index contributed by atoms with van der Waals surface area (Å²) in [6.45, 7) is 3.81. The van der Waals surface area contributed by atoms with E-state index in [1.807, 2.05) is 4.90 Å². The van der Waals surface area contributed by atoms with E-state index >= 15 is 0 Å². The third-order valence-electron chi connectivity index (χ3n) is 4.94. The number of methoxy groups -OCH3 is 1. The first-order valence-electron chi connectivity index (χ1n) is 7.91. The number of piperidine rings is 1. The van der Waals surface area contributed by atoms with Gasteiger partial charge in [0.1, 0.15) is 0 Å². The molecule has 0 unspecified atom stereocenters. The lowest BCUT2D eigenvalue weighted by Crippen LogP contribution is -2.52. The van der Waals surface area contributed by atoms with Crippen molar-refractivity contribution < 1.29 is 9.53 Å². The van der Waals surface area contributed by atoms with Gasteiger partial charge < -0.3 is 15.0 Å². The number of ether oxygens (including phenoxy) is 1. The van der Waals surface area contributed by atoms with Crippen LogP contribution < -0.4 is 5.32 Å². The van der Waals surface area contributed by atoms with Crippen LogP contribution in [0.2, 0.25) is 0 Å². The third kappa shape index (κ3) is 2.94. The molecule has 4 nitrogen and oxygen atoms in total. The number of hydrogen-bond acceptors (Lipinski definition) is 3. The highest BCUT2D eigenvalue weighted by Crippen LogP contribution is 2.34. The molecule has 5 heteroatoms. The van der Waals surface area contributed by atoms with E-state index in [-0.39, 0.29) is 11.3 Å². The van der Waals surface area contributed by atoms with E-state index in [1.54, 1.807) is 7.11 Å². The number of fused-ring (bicyclic) bond motifs is 1. The average molecular weight is 367 g/mol. The van der Waals surface area contributed by atoms with Crippen molar-refractivity contribution in [1.82, 2.24) is 10.2 Å². The van der Waals surface area contributed by atoms with Gasteiger partial charge in [-0.05, 0) is 49.5 Å². The monoisotopic (exact) mass is 366 g/mol. The molecule has 0 atom stereocenters. The van der Waals surface area contributed by atoms with Crippen LogP contribution in [0.15, 0.2) is 22.7 Å². The molecule has 0 saturated carbocycles. The predicted octanol–water partition coefficient (Wildman–Crippen LogP) is 2.35. The number of nitrogens with zero attached hydrogens (tertiary/aromatic N) is 1. The summed E-state index contributed by atoms with van der Waals surface area (Å²) in [5.74, 6) is 0.261. The Morgan fingerprint density at radius 2 is 2.18 bits per heavy atom. The molecule has 0 bridgehead atoms. The quantitative estimate of drug-likeness (QED) is 0.892. The summed E-state index contributed by atoms with van der Waals surface area (Å²) in [4.78, 5) is 15.2. The number of hydrogen-bond donors (Lipinski definition) is 1. The standard InChI is InChI=1S/C17H23BrN2O2/c1-22-12-17(6-8-19-9-7-17)16(21)20-10-5-13-3-2-4-15(18)14(13)11-20/h2-4,19H,5-12H2,1H3. The van der Waals surface area contributed by atoms with E-state index in [1.165, 1.54) is 11.1 Å². The van der Waals surface area contributed by atoms with Gasteiger partial charge in [0.05, 0.1) is 12.0 Å². The summed E-state index contributed by atoms with van der Waals surface area (Å²) in [5.41, 5.74) is 2.26. The first-order valence-corrected chi connectivity index (χ1v) is 8.71. The number of rotatable bonds is 3. The minimum absolute atomic E-state index is 0.261. The lowest BCUT2D eigenvalue weighted by Gasteiger charge is -2.41. The second-order valence-corrected chi connectivity index (χ2v) is 7.17. The first-order chi connectivity index (χ1) is 10.7. The van der Waals surface area contributed by atoms with Crippen LogP contribution in [0.4, 0.5) is 0 Å². The van der Waals surface area contributed by atoms with E-state index in [0.717, 1.165) is 43.4 Å².